The molecule has 1 aliphatic heterocycles. The van der Waals surface area contributed by atoms with Crippen molar-refractivity contribution in [1.82, 2.24) is 0 Å². The first kappa shape index (κ1) is 12.8. The number of benzene rings is 1. The maximum Gasteiger partial charge on any atom is 0.241 e. The summed E-state index contributed by atoms with van der Waals surface area (Å²) >= 11 is 0. The molecule has 2 fully saturated rings. The second kappa shape index (κ2) is 3.85. The Morgan fingerprint density at radius 1 is 1.19 bits per heavy atom. The Bertz CT molecular complexity index is 705. The van der Waals surface area contributed by atoms with Crippen molar-refractivity contribution >= 4 is 17.5 Å². The molecule has 4 atom stereocenters. The predicted molar refractivity (Wildman–Crippen MR) is 80.7 cm³/mol. The fourth-order valence-electron chi connectivity index (χ4n) is 4.49. The van der Waals surface area contributed by atoms with Gasteiger partial charge in [0.15, 0.2) is 0 Å². The molecule has 3 nitrogen and oxygen atoms in total. The van der Waals surface area contributed by atoms with E-state index in [4.69, 9.17) is 0 Å². The maximum absolute atomic E-state index is 13.0. The summed E-state index contributed by atoms with van der Waals surface area (Å²) in [7, 11) is 0. The molecule has 1 aromatic carbocycles. The van der Waals surface area contributed by atoms with Gasteiger partial charge in [0.05, 0.1) is 17.0 Å². The van der Waals surface area contributed by atoms with Gasteiger partial charge in [0.25, 0.3) is 0 Å². The normalized spacial score (nSPS) is 36.7. The van der Waals surface area contributed by atoms with Gasteiger partial charge < -0.3 is 0 Å². The molecule has 21 heavy (non-hydrogen) atoms. The van der Waals surface area contributed by atoms with Crippen molar-refractivity contribution in [3.63, 3.8) is 0 Å². The lowest BCUT2D eigenvalue weighted by atomic mass is 9.71. The second-order valence-electron chi connectivity index (χ2n) is 6.92. The minimum atomic E-state index is -0.535. The topological polar surface area (TPSA) is 37.4 Å². The van der Waals surface area contributed by atoms with Gasteiger partial charge in [-0.3, -0.25) is 9.59 Å². The number of fused-ring (bicyclic) bond motifs is 5. The summed E-state index contributed by atoms with van der Waals surface area (Å²) in [5.41, 5.74) is 2.28. The van der Waals surface area contributed by atoms with Gasteiger partial charge in [-0.1, -0.05) is 24.3 Å². The molecule has 2 aliphatic carbocycles. The van der Waals surface area contributed by atoms with E-state index in [-0.39, 0.29) is 29.6 Å². The standard InChI is InChI=1S/C18H19NO2/c1-10-4-5-11(2)14(8-10)19-16(20)15-12-6-7-13(9-12)18(15,3)17(19)21/h4-8,12-13,15H,9H2,1-3H3. The Morgan fingerprint density at radius 3 is 2.67 bits per heavy atom. The van der Waals surface area contributed by atoms with Crippen molar-refractivity contribution in [2.75, 3.05) is 4.90 Å². The molecule has 1 saturated carbocycles. The Labute approximate surface area is 124 Å². The first-order chi connectivity index (χ1) is 9.94. The summed E-state index contributed by atoms with van der Waals surface area (Å²) in [6, 6.07) is 5.94. The largest absolute Gasteiger partial charge is 0.274 e. The minimum absolute atomic E-state index is 0.00644. The number of hydrogen-bond donors (Lipinski definition) is 0. The van der Waals surface area contributed by atoms with Crippen LogP contribution in [0.2, 0.25) is 0 Å². The molecule has 3 aliphatic rings. The van der Waals surface area contributed by atoms with Crippen molar-refractivity contribution in [3.8, 4) is 0 Å². The monoisotopic (exact) mass is 281 g/mol. The number of anilines is 1. The molecule has 3 heteroatoms. The Balaban J connectivity index is 1.85. The fourth-order valence-corrected chi connectivity index (χ4v) is 4.49. The van der Waals surface area contributed by atoms with Crippen LogP contribution >= 0.6 is 0 Å². The Morgan fingerprint density at radius 2 is 1.95 bits per heavy atom. The van der Waals surface area contributed by atoms with E-state index in [2.05, 4.69) is 12.2 Å². The van der Waals surface area contributed by atoms with Crippen molar-refractivity contribution in [3.05, 3.63) is 41.5 Å². The SMILES string of the molecule is Cc1ccc(C)c(N2C(=O)C3C4C=CC(C4)C3(C)C2=O)c1. The fraction of sp³-hybridized carbons (Fsp3) is 0.444. The van der Waals surface area contributed by atoms with Crippen molar-refractivity contribution in [1.29, 1.82) is 0 Å². The lowest BCUT2D eigenvalue weighted by molar-refractivity contribution is -0.127. The van der Waals surface area contributed by atoms with Gasteiger partial charge in [0.2, 0.25) is 11.8 Å². The summed E-state index contributed by atoms with van der Waals surface area (Å²) < 4.78 is 0. The molecule has 2 bridgehead atoms. The lowest BCUT2D eigenvalue weighted by Crippen LogP contribution is -2.37. The van der Waals surface area contributed by atoms with Crippen LogP contribution in [0.5, 0.6) is 0 Å². The molecule has 1 saturated heterocycles. The van der Waals surface area contributed by atoms with Crippen LogP contribution in [0.25, 0.3) is 0 Å². The number of carbonyl (C=O) groups is 2. The van der Waals surface area contributed by atoms with E-state index in [9.17, 15) is 9.59 Å². The molecule has 0 spiro atoms. The zero-order chi connectivity index (χ0) is 14.9. The Kier molecular flexibility index (Phi) is 2.35. The van der Waals surface area contributed by atoms with Gasteiger partial charge in [-0.15, -0.1) is 0 Å². The average Bonchev–Trinajstić information content (AvgIpc) is 3.06. The number of nitrogens with zero attached hydrogens (tertiary/aromatic N) is 1. The molecular weight excluding hydrogens is 262 g/mol. The highest BCUT2D eigenvalue weighted by atomic mass is 16.2. The third-order valence-corrected chi connectivity index (χ3v) is 5.72. The van der Waals surface area contributed by atoms with E-state index in [1.807, 2.05) is 39.0 Å². The van der Waals surface area contributed by atoms with E-state index in [1.54, 1.807) is 0 Å². The third kappa shape index (κ3) is 1.39. The van der Waals surface area contributed by atoms with Gasteiger partial charge in [0.1, 0.15) is 0 Å². The van der Waals surface area contributed by atoms with Crippen LogP contribution in [0.4, 0.5) is 5.69 Å². The molecule has 0 radical (unpaired) electrons. The van der Waals surface area contributed by atoms with Gasteiger partial charge >= 0.3 is 0 Å². The predicted octanol–water partition coefficient (Wildman–Crippen LogP) is 3.01. The molecule has 0 aromatic heterocycles. The van der Waals surface area contributed by atoms with Gasteiger partial charge in [-0.25, -0.2) is 4.90 Å². The van der Waals surface area contributed by atoms with Gasteiger partial charge in [-0.05, 0) is 56.2 Å². The van der Waals surface area contributed by atoms with E-state index < -0.39 is 5.41 Å². The number of carbonyl (C=O) groups excluding carboxylic acids is 2. The summed E-state index contributed by atoms with van der Waals surface area (Å²) in [5.74, 6) is 0.279. The number of rotatable bonds is 1. The van der Waals surface area contributed by atoms with E-state index in [0.717, 1.165) is 23.2 Å². The quantitative estimate of drug-likeness (QED) is 0.586. The Hall–Kier alpha value is -1.90. The van der Waals surface area contributed by atoms with Crippen LogP contribution < -0.4 is 4.90 Å². The number of amides is 2. The van der Waals surface area contributed by atoms with Crippen LogP contribution in [0.1, 0.15) is 24.5 Å². The van der Waals surface area contributed by atoms with E-state index >= 15 is 0 Å². The molecule has 1 aromatic rings. The second-order valence-corrected chi connectivity index (χ2v) is 6.92. The van der Waals surface area contributed by atoms with Crippen molar-refractivity contribution in [2.24, 2.45) is 23.2 Å². The molecule has 0 N–H and O–H groups in total. The highest BCUT2D eigenvalue weighted by Gasteiger charge is 2.67. The molecule has 4 rings (SSSR count). The van der Waals surface area contributed by atoms with E-state index in [1.165, 1.54) is 4.90 Å². The first-order valence-electron chi connectivity index (χ1n) is 7.58. The molecule has 4 unspecified atom stereocenters. The number of aryl methyl sites for hydroxylation is 2. The average molecular weight is 281 g/mol. The third-order valence-electron chi connectivity index (χ3n) is 5.72. The molecule has 1 heterocycles. The summed E-state index contributed by atoms with van der Waals surface area (Å²) in [5, 5.41) is 0. The lowest BCUT2D eigenvalue weighted by Gasteiger charge is -2.28. The first-order valence-corrected chi connectivity index (χ1v) is 7.58. The summed E-state index contributed by atoms with van der Waals surface area (Å²) in [4.78, 5) is 27.4. The highest BCUT2D eigenvalue weighted by Crippen LogP contribution is 2.61. The molecule has 2 amide bonds. The summed E-state index contributed by atoms with van der Waals surface area (Å²) in [6.45, 7) is 5.93. The summed E-state index contributed by atoms with van der Waals surface area (Å²) in [6.07, 6.45) is 5.23. The molecule has 108 valence electrons. The van der Waals surface area contributed by atoms with Crippen LogP contribution in [0, 0.1) is 37.0 Å². The zero-order valence-corrected chi connectivity index (χ0v) is 12.6. The van der Waals surface area contributed by atoms with E-state index in [0.29, 0.717) is 0 Å². The van der Waals surface area contributed by atoms with Crippen LogP contribution in [0.3, 0.4) is 0 Å². The number of hydrogen-bond acceptors (Lipinski definition) is 2. The minimum Gasteiger partial charge on any atom is -0.274 e. The van der Waals surface area contributed by atoms with Gasteiger partial charge in [0, 0.05) is 0 Å². The van der Waals surface area contributed by atoms with Gasteiger partial charge in [-0.2, -0.15) is 0 Å². The number of allylic oxidation sites excluding steroid dienone is 2. The van der Waals surface area contributed by atoms with Crippen molar-refractivity contribution in [2.45, 2.75) is 27.2 Å². The van der Waals surface area contributed by atoms with Crippen LogP contribution in [-0.2, 0) is 9.59 Å². The smallest absolute Gasteiger partial charge is 0.241 e. The maximum atomic E-state index is 13.0. The highest BCUT2D eigenvalue weighted by molar-refractivity contribution is 6.24. The van der Waals surface area contributed by atoms with Crippen LogP contribution in [0.15, 0.2) is 30.4 Å². The number of imide groups is 1. The molecular formula is C18H19NO2. The van der Waals surface area contributed by atoms with Crippen LogP contribution in [-0.4, -0.2) is 11.8 Å². The zero-order valence-electron chi connectivity index (χ0n) is 12.6. The van der Waals surface area contributed by atoms with Crippen molar-refractivity contribution < 1.29 is 9.59 Å².